The minimum atomic E-state index is -0.420. The van der Waals surface area contributed by atoms with Crippen LogP contribution in [0.4, 0.5) is 0 Å². The number of carbonyl (C=O) groups is 1. The summed E-state index contributed by atoms with van der Waals surface area (Å²) in [5.74, 6) is 1.12. The van der Waals surface area contributed by atoms with Crippen LogP contribution in [0.15, 0.2) is 52.3 Å². The summed E-state index contributed by atoms with van der Waals surface area (Å²) in [6.45, 7) is 3.07. The predicted molar refractivity (Wildman–Crippen MR) is 115 cm³/mol. The lowest BCUT2D eigenvalue weighted by molar-refractivity contribution is -0.137. The fourth-order valence-electron chi connectivity index (χ4n) is 3.75. The van der Waals surface area contributed by atoms with Gasteiger partial charge in [-0.05, 0) is 29.9 Å². The van der Waals surface area contributed by atoms with Crippen molar-refractivity contribution in [3.05, 3.63) is 59.3 Å². The minimum absolute atomic E-state index is 0.118. The highest BCUT2D eigenvalue weighted by Gasteiger charge is 2.33. The monoisotopic (exact) mass is 426 g/mol. The van der Waals surface area contributed by atoms with E-state index in [0.29, 0.717) is 31.5 Å². The van der Waals surface area contributed by atoms with Gasteiger partial charge in [0.05, 0.1) is 18.0 Å². The van der Waals surface area contributed by atoms with E-state index < -0.39 is 6.04 Å². The maximum absolute atomic E-state index is 13.5. The van der Waals surface area contributed by atoms with Crippen molar-refractivity contribution in [3.8, 4) is 10.8 Å². The first-order chi connectivity index (χ1) is 14.8. The average molecular weight is 427 g/mol. The number of nitrogens with zero attached hydrogens (tertiary/aromatic N) is 4. The van der Waals surface area contributed by atoms with Gasteiger partial charge in [-0.2, -0.15) is 0 Å². The smallest absolute Gasteiger partial charge is 0.257 e. The van der Waals surface area contributed by atoms with Crippen LogP contribution in [0.3, 0.4) is 0 Å². The number of amides is 1. The van der Waals surface area contributed by atoms with Gasteiger partial charge >= 0.3 is 0 Å². The lowest BCUT2D eigenvalue weighted by Gasteiger charge is -2.32. The molecule has 3 aromatic rings. The maximum Gasteiger partial charge on any atom is 0.257 e. The second-order valence-electron chi connectivity index (χ2n) is 7.29. The van der Waals surface area contributed by atoms with Gasteiger partial charge in [0.25, 0.3) is 5.89 Å². The summed E-state index contributed by atoms with van der Waals surface area (Å²) in [6, 6.07) is 13.4. The number of carbonyl (C=O) groups excluding carboxylic acids is 1. The van der Waals surface area contributed by atoms with Crippen LogP contribution in [0.25, 0.3) is 10.8 Å². The molecule has 0 spiro atoms. The number of hydrogen-bond donors (Lipinski definition) is 0. The molecule has 2 aromatic heterocycles. The van der Waals surface area contributed by atoms with Gasteiger partial charge in [-0.25, -0.2) is 0 Å². The highest BCUT2D eigenvalue weighted by molar-refractivity contribution is 7.13. The molecule has 4 rings (SSSR count). The summed E-state index contributed by atoms with van der Waals surface area (Å²) in [7, 11) is 1.67. The highest BCUT2D eigenvalue weighted by Crippen LogP contribution is 2.28. The number of likely N-dealkylation sites (tertiary alicyclic amines) is 1. The number of hydrogen-bond acceptors (Lipinski definition) is 7. The molecule has 1 fully saturated rings. The summed E-state index contributed by atoms with van der Waals surface area (Å²) in [6.07, 6.45) is 2.11. The third-order valence-electron chi connectivity index (χ3n) is 5.25. The topological polar surface area (TPSA) is 71.7 Å². The van der Waals surface area contributed by atoms with Gasteiger partial charge in [0.1, 0.15) is 6.04 Å². The molecule has 0 bridgehead atoms. The molecule has 0 N–H and O–H groups in total. The number of aromatic nitrogens is 2. The van der Waals surface area contributed by atoms with Crippen molar-refractivity contribution >= 4 is 17.2 Å². The molecule has 0 radical (unpaired) electrons. The van der Waals surface area contributed by atoms with E-state index in [9.17, 15) is 4.79 Å². The van der Waals surface area contributed by atoms with Crippen LogP contribution in [0.2, 0.25) is 0 Å². The van der Waals surface area contributed by atoms with E-state index in [1.165, 1.54) is 0 Å². The molecule has 0 saturated carbocycles. The van der Waals surface area contributed by atoms with Crippen molar-refractivity contribution in [1.29, 1.82) is 0 Å². The second-order valence-corrected chi connectivity index (χ2v) is 8.23. The predicted octanol–water partition coefficient (Wildman–Crippen LogP) is 3.61. The van der Waals surface area contributed by atoms with Gasteiger partial charge in [-0.1, -0.05) is 36.4 Å². The number of methoxy groups -OCH3 is 1. The molecule has 1 aliphatic heterocycles. The van der Waals surface area contributed by atoms with Crippen molar-refractivity contribution < 1.29 is 13.9 Å². The van der Waals surface area contributed by atoms with Crippen molar-refractivity contribution in [2.24, 2.45) is 0 Å². The SMILES string of the molecule is COCCN(Cc1nnc(-c2cccs2)o1)[C@@H](C(=O)N1CCCC1)c1ccccc1. The van der Waals surface area contributed by atoms with Crippen molar-refractivity contribution in [3.63, 3.8) is 0 Å². The summed E-state index contributed by atoms with van der Waals surface area (Å²) in [5, 5.41) is 10.4. The van der Waals surface area contributed by atoms with E-state index in [0.717, 1.165) is 36.4 Å². The minimum Gasteiger partial charge on any atom is -0.419 e. The Hall–Kier alpha value is -2.55. The Morgan fingerprint density at radius 3 is 2.70 bits per heavy atom. The summed E-state index contributed by atoms with van der Waals surface area (Å²) in [4.78, 5) is 18.5. The van der Waals surface area contributed by atoms with Crippen LogP contribution >= 0.6 is 11.3 Å². The number of benzene rings is 1. The fourth-order valence-corrected chi connectivity index (χ4v) is 4.40. The second kappa shape index (κ2) is 9.97. The Balaban J connectivity index is 1.62. The molecule has 1 saturated heterocycles. The Morgan fingerprint density at radius 1 is 1.20 bits per heavy atom. The molecule has 1 aliphatic rings. The molecule has 1 aromatic carbocycles. The lowest BCUT2D eigenvalue weighted by atomic mass is 10.0. The third kappa shape index (κ3) is 4.77. The summed E-state index contributed by atoms with van der Waals surface area (Å²) < 4.78 is 11.2. The average Bonchev–Trinajstić information content (AvgIpc) is 3.55. The molecule has 0 unspecified atom stereocenters. The van der Waals surface area contributed by atoms with Gasteiger partial charge in [0.15, 0.2) is 0 Å². The first-order valence-electron chi connectivity index (χ1n) is 10.2. The van der Waals surface area contributed by atoms with Crippen LogP contribution in [0.5, 0.6) is 0 Å². The quantitative estimate of drug-likeness (QED) is 0.521. The zero-order valence-corrected chi connectivity index (χ0v) is 17.9. The Bertz CT molecular complexity index is 923. The van der Waals surface area contributed by atoms with E-state index in [-0.39, 0.29) is 5.91 Å². The highest BCUT2D eigenvalue weighted by atomic mass is 32.1. The molecular formula is C22H26N4O3S. The first kappa shape index (κ1) is 20.7. The van der Waals surface area contributed by atoms with Gasteiger partial charge in [-0.15, -0.1) is 21.5 Å². The fraction of sp³-hybridized carbons (Fsp3) is 0.409. The van der Waals surface area contributed by atoms with Gasteiger partial charge < -0.3 is 14.1 Å². The van der Waals surface area contributed by atoms with Crippen LogP contribution in [-0.4, -0.2) is 59.3 Å². The van der Waals surface area contributed by atoms with E-state index in [4.69, 9.17) is 9.15 Å². The normalized spacial score (nSPS) is 15.1. The Kier molecular flexibility index (Phi) is 6.88. The molecule has 30 heavy (non-hydrogen) atoms. The number of thiophene rings is 1. The van der Waals surface area contributed by atoms with Gasteiger partial charge in [0, 0.05) is 26.7 Å². The molecule has 3 heterocycles. The zero-order chi connectivity index (χ0) is 20.8. The van der Waals surface area contributed by atoms with Crippen LogP contribution in [0.1, 0.15) is 30.3 Å². The van der Waals surface area contributed by atoms with Crippen LogP contribution in [-0.2, 0) is 16.1 Å². The molecule has 1 amide bonds. The zero-order valence-electron chi connectivity index (χ0n) is 17.1. The standard InChI is InChI=1S/C22H26N4O3S/c1-28-14-13-26(16-19-23-24-21(29-19)18-10-7-15-30-18)20(17-8-3-2-4-9-17)22(27)25-11-5-6-12-25/h2-4,7-10,15,20H,5-6,11-14,16H2,1H3/t20-/m1/s1. The number of rotatable bonds is 9. The maximum atomic E-state index is 13.5. The third-order valence-corrected chi connectivity index (χ3v) is 6.11. The molecule has 1 atom stereocenters. The Morgan fingerprint density at radius 2 is 2.00 bits per heavy atom. The van der Waals surface area contributed by atoms with Crippen LogP contribution < -0.4 is 0 Å². The largest absolute Gasteiger partial charge is 0.419 e. The van der Waals surface area contributed by atoms with Crippen molar-refractivity contribution in [2.75, 3.05) is 33.4 Å². The van der Waals surface area contributed by atoms with Crippen molar-refractivity contribution in [1.82, 2.24) is 20.0 Å². The first-order valence-corrected chi connectivity index (χ1v) is 11.1. The van der Waals surface area contributed by atoms with E-state index in [1.54, 1.807) is 18.4 Å². The van der Waals surface area contributed by atoms with Gasteiger partial charge in [0.2, 0.25) is 11.8 Å². The van der Waals surface area contributed by atoms with E-state index in [2.05, 4.69) is 15.1 Å². The molecule has 158 valence electrons. The lowest BCUT2D eigenvalue weighted by Crippen LogP contribution is -2.43. The molecule has 0 aliphatic carbocycles. The molecular weight excluding hydrogens is 400 g/mol. The Labute approximate surface area is 180 Å². The van der Waals surface area contributed by atoms with Gasteiger partial charge in [-0.3, -0.25) is 9.69 Å². The molecule has 7 nitrogen and oxygen atoms in total. The number of ether oxygens (including phenoxy) is 1. The molecule has 8 heteroatoms. The van der Waals surface area contributed by atoms with E-state index in [1.807, 2.05) is 52.7 Å². The van der Waals surface area contributed by atoms with E-state index >= 15 is 0 Å². The van der Waals surface area contributed by atoms with Crippen LogP contribution in [0, 0.1) is 0 Å². The summed E-state index contributed by atoms with van der Waals surface area (Å²) in [5.41, 5.74) is 0.962. The van der Waals surface area contributed by atoms with Crippen molar-refractivity contribution in [2.45, 2.75) is 25.4 Å². The summed E-state index contributed by atoms with van der Waals surface area (Å²) >= 11 is 1.56.